The molecule has 1 aliphatic heterocycles. The first-order valence-electron chi connectivity index (χ1n) is 6.52. The molecular weight excluding hydrogens is 267 g/mol. The molecule has 2 unspecified atom stereocenters. The number of nitrogens with one attached hydrogen (secondary N) is 2. The molecule has 0 aliphatic carbocycles. The van der Waals surface area contributed by atoms with Gasteiger partial charge in [-0.05, 0) is 30.7 Å². The highest BCUT2D eigenvalue weighted by Gasteiger charge is 2.27. The Hall–Kier alpha value is -1.13. The molecule has 1 aliphatic rings. The average Bonchev–Trinajstić information content (AvgIpc) is 2.39. The van der Waals surface area contributed by atoms with Gasteiger partial charge < -0.3 is 10.6 Å². The Morgan fingerprint density at radius 1 is 1.53 bits per heavy atom. The smallest absolute Gasteiger partial charge is 0.221 e. The molecule has 0 radical (unpaired) electrons. The van der Waals surface area contributed by atoms with Gasteiger partial charge in [0.2, 0.25) is 5.91 Å². The summed E-state index contributed by atoms with van der Waals surface area (Å²) in [6.45, 7) is 1.58. The highest BCUT2D eigenvalue weighted by atomic mass is 35.5. The zero-order valence-electron chi connectivity index (χ0n) is 10.7. The number of amides is 1. The van der Waals surface area contributed by atoms with Crippen molar-refractivity contribution in [3.8, 4) is 0 Å². The maximum atomic E-state index is 13.3. The molecule has 2 rings (SSSR count). The Balaban J connectivity index is 2.09. The molecule has 1 aromatic rings. The van der Waals surface area contributed by atoms with Crippen LogP contribution in [0.25, 0.3) is 0 Å². The third-order valence-corrected chi connectivity index (χ3v) is 3.62. The lowest BCUT2D eigenvalue weighted by atomic mass is 9.86. The van der Waals surface area contributed by atoms with E-state index in [2.05, 4.69) is 10.6 Å². The van der Waals surface area contributed by atoms with Gasteiger partial charge in [0, 0.05) is 30.8 Å². The number of rotatable bonds is 4. The van der Waals surface area contributed by atoms with E-state index in [-0.39, 0.29) is 23.7 Å². The van der Waals surface area contributed by atoms with Gasteiger partial charge in [-0.1, -0.05) is 12.1 Å². The van der Waals surface area contributed by atoms with Crippen LogP contribution in [0, 0.1) is 5.82 Å². The molecule has 5 heteroatoms. The summed E-state index contributed by atoms with van der Waals surface area (Å²) >= 11 is 5.56. The number of halogens is 2. The van der Waals surface area contributed by atoms with Crippen molar-refractivity contribution in [3.05, 3.63) is 35.6 Å². The zero-order chi connectivity index (χ0) is 13.7. The van der Waals surface area contributed by atoms with Gasteiger partial charge in [0.15, 0.2) is 0 Å². The highest BCUT2D eigenvalue weighted by Crippen LogP contribution is 2.26. The van der Waals surface area contributed by atoms with E-state index < -0.39 is 0 Å². The summed E-state index contributed by atoms with van der Waals surface area (Å²) in [6, 6.07) is 6.61. The Bertz CT molecular complexity index is 441. The molecule has 104 valence electrons. The largest absolute Gasteiger partial charge is 0.351 e. The minimum Gasteiger partial charge on any atom is -0.351 e. The summed E-state index contributed by atoms with van der Waals surface area (Å²) in [5, 5.41) is 6.23. The fourth-order valence-electron chi connectivity index (χ4n) is 2.51. The summed E-state index contributed by atoms with van der Waals surface area (Å²) in [7, 11) is 0. The van der Waals surface area contributed by atoms with E-state index in [1.165, 1.54) is 6.07 Å². The fraction of sp³-hybridized carbons (Fsp3) is 0.500. The van der Waals surface area contributed by atoms with Crippen LogP contribution in [0.2, 0.25) is 0 Å². The van der Waals surface area contributed by atoms with E-state index in [9.17, 15) is 9.18 Å². The number of alkyl halides is 1. The van der Waals surface area contributed by atoms with Gasteiger partial charge in [-0.2, -0.15) is 0 Å². The molecule has 0 spiro atoms. The predicted octanol–water partition coefficient (Wildman–Crippen LogP) is 2.02. The zero-order valence-corrected chi connectivity index (χ0v) is 11.4. The van der Waals surface area contributed by atoms with Crippen LogP contribution in [-0.4, -0.2) is 30.9 Å². The van der Waals surface area contributed by atoms with Crippen molar-refractivity contribution in [1.82, 2.24) is 10.6 Å². The van der Waals surface area contributed by atoms with Crippen molar-refractivity contribution in [2.45, 2.75) is 24.8 Å². The maximum Gasteiger partial charge on any atom is 0.221 e. The van der Waals surface area contributed by atoms with Gasteiger partial charge in [0.25, 0.3) is 0 Å². The molecule has 3 nitrogen and oxygen atoms in total. The topological polar surface area (TPSA) is 41.1 Å². The number of carbonyl (C=O) groups is 1. The van der Waals surface area contributed by atoms with E-state index in [1.54, 1.807) is 12.1 Å². The monoisotopic (exact) mass is 284 g/mol. The van der Waals surface area contributed by atoms with Crippen molar-refractivity contribution in [1.29, 1.82) is 0 Å². The minimum atomic E-state index is -0.234. The molecule has 19 heavy (non-hydrogen) atoms. The first-order valence-corrected chi connectivity index (χ1v) is 7.05. The van der Waals surface area contributed by atoms with Crippen LogP contribution in [-0.2, 0) is 4.79 Å². The fourth-order valence-corrected chi connectivity index (χ4v) is 2.68. The van der Waals surface area contributed by atoms with E-state index >= 15 is 0 Å². The Morgan fingerprint density at radius 2 is 2.37 bits per heavy atom. The van der Waals surface area contributed by atoms with Crippen LogP contribution in [0.3, 0.4) is 0 Å². The summed E-state index contributed by atoms with van der Waals surface area (Å²) in [5.74, 6) is 0.180. The van der Waals surface area contributed by atoms with Crippen LogP contribution in [0.1, 0.15) is 24.3 Å². The lowest BCUT2D eigenvalue weighted by Crippen LogP contribution is -2.50. The Kier molecular flexibility index (Phi) is 5.16. The molecule has 1 amide bonds. The van der Waals surface area contributed by atoms with Gasteiger partial charge in [0.05, 0.1) is 0 Å². The van der Waals surface area contributed by atoms with Crippen molar-refractivity contribution in [2.24, 2.45) is 0 Å². The molecule has 1 heterocycles. The summed E-state index contributed by atoms with van der Waals surface area (Å²) in [4.78, 5) is 11.7. The highest BCUT2D eigenvalue weighted by molar-refractivity contribution is 6.18. The number of carbonyl (C=O) groups excluding carboxylic acids is 1. The Morgan fingerprint density at radius 3 is 3.11 bits per heavy atom. The second kappa shape index (κ2) is 6.87. The third-order valence-electron chi connectivity index (χ3n) is 3.43. The maximum absolute atomic E-state index is 13.3. The average molecular weight is 285 g/mol. The van der Waals surface area contributed by atoms with Crippen LogP contribution in [0.5, 0.6) is 0 Å². The van der Waals surface area contributed by atoms with Crippen LogP contribution in [0.15, 0.2) is 24.3 Å². The van der Waals surface area contributed by atoms with Gasteiger partial charge in [-0.15, -0.1) is 11.6 Å². The van der Waals surface area contributed by atoms with Gasteiger partial charge in [-0.25, -0.2) is 4.39 Å². The van der Waals surface area contributed by atoms with Crippen molar-refractivity contribution < 1.29 is 9.18 Å². The van der Waals surface area contributed by atoms with E-state index in [0.29, 0.717) is 18.8 Å². The van der Waals surface area contributed by atoms with Crippen molar-refractivity contribution >= 4 is 17.5 Å². The van der Waals surface area contributed by atoms with E-state index in [1.807, 2.05) is 6.07 Å². The molecule has 0 aromatic heterocycles. The molecule has 0 bridgehead atoms. The lowest BCUT2D eigenvalue weighted by Gasteiger charge is -2.33. The second-order valence-electron chi connectivity index (χ2n) is 4.77. The minimum absolute atomic E-state index is 0.00809. The van der Waals surface area contributed by atoms with Crippen LogP contribution >= 0.6 is 11.6 Å². The normalized spacial score (nSPS) is 23.1. The van der Waals surface area contributed by atoms with Crippen molar-refractivity contribution in [2.75, 3.05) is 19.0 Å². The number of piperidine rings is 1. The standard InChI is InChI=1S/C14H18ClFN2O/c15-6-4-14(19)18-13-9-17-7-5-12(13)10-2-1-3-11(16)8-10/h1-3,8,12-13,17H,4-7,9H2,(H,18,19). The number of benzene rings is 1. The molecule has 1 aromatic carbocycles. The third kappa shape index (κ3) is 3.91. The van der Waals surface area contributed by atoms with E-state index in [4.69, 9.17) is 11.6 Å². The molecule has 1 fully saturated rings. The van der Waals surface area contributed by atoms with Gasteiger partial charge in [0.1, 0.15) is 5.82 Å². The van der Waals surface area contributed by atoms with Crippen LogP contribution < -0.4 is 10.6 Å². The predicted molar refractivity (Wildman–Crippen MR) is 73.9 cm³/mol. The Labute approximate surface area is 117 Å². The van der Waals surface area contributed by atoms with Crippen LogP contribution in [0.4, 0.5) is 4.39 Å². The van der Waals surface area contributed by atoms with Gasteiger partial charge >= 0.3 is 0 Å². The summed E-state index contributed by atoms with van der Waals surface area (Å²) in [6.07, 6.45) is 1.20. The first-order chi connectivity index (χ1) is 9.20. The van der Waals surface area contributed by atoms with Crippen molar-refractivity contribution in [3.63, 3.8) is 0 Å². The first kappa shape index (κ1) is 14.3. The lowest BCUT2D eigenvalue weighted by molar-refractivity contribution is -0.121. The number of hydrogen-bond donors (Lipinski definition) is 2. The SMILES string of the molecule is O=C(CCCl)NC1CNCCC1c1cccc(F)c1. The molecule has 0 saturated carbocycles. The van der Waals surface area contributed by atoms with Gasteiger partial charge in [-0.3, -0.25) is 4.79 Å². The van der Waals surface area contributed by atoms with E-state index in [0.717, 1.165) is 18.5 Å². The number of hydrogen-bond acceptors (Lipinski definition) is 2. The molecule has 2 atom stereocenters. The quantitative estimate of drug-likeness (QED) is 0.831. The molecule has 2 N–H and O–H groups in total. The molecule has 1 saturated heterocycles. The summed E-state index contributed by atoms with van der Waals surface area (Å²) < 4.78 is 13.3. The molecular formula is C14H18ClFN2O. The second-order valence-corrected chi connectivity index (χ2v) is 5.15. The summed E-state index contributed by atoms with van der Waals surface area (Å²) in [5.41, 5.74) is 0.942.